The van der Waals surface area contributed by atoms with Crippen LogP contribution in [0.3, 0.4) is 0 Å². The van der Waals surface area contributed by atoms with Crippen LogP contribution >= 0.6 is 46.4 Å². The molecule has 0 bridgehead atoms. The van der Waals surface area contributed by atoms with Crippen LogP contribution in [0, 0.1) is 33.5 Å². The van der Waals surface area contributed by atoms with Crippen molar-refractivity contribution >= 4 is 97.7 Å². The van der Waals surface area contributed by atoms with Crippen molar-refractivity contribution in [3.8, 4) is 34.1 Å². The van der Waals surface area contributed by atoms with E-state index in [2.05, 4.69) is 101 Å². The fourth-order valence-corrected chi connectivity index (χ4v) is 13.3. The van der Waals surface area contributed by atoms with Gasteiger partial charge in [0.15, 0.2) is 44.5 Å². The van der Waals surface area contributed by atoms with Crippen molar-refractivity contribution < 1.29 is 32.9 Å². The number of aryl methyl sites for hydroxylation is 2. The number of fused-ring (bicyclic) bond motifs is 3. The Bertz CT molecular complexity index is 4640. The molecule has 2 aliphatic rings. The first kappa shape index (κ1) is 67.9. The Kier molecular flexibility index (Phi) is 20.5. The first-order valence-electron chi connectivity index (χ1n) is 30.8. The van der Waals surface area contributed by atoms with Gasteiger partial charge in [-0.3, -0.25) is 22.8 Å². The van der Waals surface area contributed by atoms with Crippen LogP contribution in [-0.4, -0.2) is 87.8 Å². The molecule has 94 heavy (non-hydrogen) atoms. The number of nitrogens with zero attached hydrogens (tertiary/aromatic N) is 9. The van der Waals surface area contributed by atoms with E-state index in [9.17, 15) is 9.59 Å². The molecule has 1 saturated heterocycles. The number of amides is 1. The average Bonchev–Trinajstić information content (AvgIpc) is 1.40. The van der Waals surface area contributed by atoms with Gasteiger partial charge in [0.25, 0.3) is 0 Å². The monoisotopic (exact) mass is 1350 g/mol. The molecule has 7 heterocycles. The maximum atomic E-state index is 15.3. The van der Waals surface area contributed by atoms with Crippen LogP contribution in [-0.2, 0) is 9.59 Å². The number of aromatic nitrogens is 9. The largest absolute Gasteiger partial charge is 0.497 e. The van der Waals surface area contributed by atoms with Crippen LogP contribution < -0.4 is 41.5 Å². The van der Waals surface area contributed by atoms with Crippen LogP contribution in [0.1, 0.15) is 153 Å². The van der Waals surface area contributed by atoms with Gasteiger partial charge in [-0.15, -0.1) is 0 Å². The second-order valence-corrected chi connectivity index (χ2v) is 24.9. The van der Waals surface area contributed by atoms with Crippen molar-refractivity contribution in [3.63, 3.8) is 0 Å². The minimum Gasteiger partial charge on any atom is -0.497 e. The second kappa shape index (κ2) is 28.3. The number of carbonyl (C=O) groups excluding carboxylic acids is 2. The number of ketones is 1. The third-order valence-corrected chi connectivity index (χ3v) is 18.2. The number of nitrogen functional groups attached to an aromatic ring is 3. The lowest BCUT2D eigenvalue weighted by Crippen LogP contribution is -2.15. The van der Waals surface area contributed by atoms with Gasteiger partial charge >= 0.3 is 0 Å². The summed E-state index contributed by atoms with van der Waals surface area (Å²) in [6, 6.07) is 13.9. The first-order valence-corrected chi connectivity index (χ1v) is 32.3. The van der Waals surface area contributed by atoms with Crippen LogP contribution in [0.25, 0.3) is 33.3 Å². The van der Waals surface area contributed by atoms with E-state index in [1.165, 1.54) is 17.2 Å². The minimum atomic E-state index is -0.608. The Morgan fingerprint density at radius 2 is 1.11 bits per heavy atom. The Balaban J connectivity index is 0.000000154. The maximum Gasteiger partial charge on any atom is 0.220 e. The Morgan fingerprint density at radius 1 is 0.638 bits per heavy atom. The normalized spacial score (nSPS) is 14.7. The molecule has 1 amide bonds. The maximum absolute atomic E-state index is 15.3. The second-order valence-electron chi connectivity index (χ2n) is 23.4. The van der Waals surface area contributed by atoms with Gasteiger partial charge in [-0.05, 0) is 113 Å². The van der Waals surface area contributed by atoms with Gasteiger partial charge in [0, 0.05) is 108 Å². The zero-order valence-electron chi connectivity index (χ0n) is 54.3. The predicted molar refractivity (Wildman–Crippen MR) is 370 cm³/mol. The fourth-order valence-electron chi connectivity index (χ4n) is 12.3. The van der Waals surface area contributed by atoms with E-state index in [4.69, 9.17) is 82.6 Å². The van der Waals surface area contributed by atoms with Crippen LogP contribution in [0.4, 0.5) is 21.8 Å². The molecule has 1 aliphatic carbocycles. The summed E-state index contributed by atoms with van der Waals surface area (Å²) in [7, 11) is 1.67. The number of rotatable bonds is 16. The lowest BCUT2D eigenvalue weighted by molar-refractivity contribution is -0.119. The van der Waals surface area contributed by atoms with E-state index in [0.717, 1.165) is 67.8 Å². The molecule has 19 nitrogen and oxygen atoms in total. The van der Waals surface area contributed by atoms with Crippen molar-refractivity contribution in [1.29, 1.82) is 0 Å². The van der Waals surface area contributed by atoms with E-state index in [1.807, 2.05) is 67.9 Å². The minimum absolute atomic E-state index is 0.0548. The van der Waals surface area contributed by atoms with E-state index < -0.39 is 11.7 Å². The summed E-state index contributed by atoms with van der Waals surface area (Å²) in [5.41, 5.74) is 31.2. The predicted octanol–water partition coefficient (Wildman–Crippen LogP) is 15.2. The van der Waals surface area contributed by atoms with Crippen LogP contribution in [0.15, 0.2) is 97.9 Å². The Labute approximate surface area is 564 Å². The number of nitrogens with one attached hydrogen (secondary N) is 1. The van der Waals surface area contributed by atoms with Gasteiger partial charge in [-0.1, -0.05) is 104 Å². The summed E-state index contributed by atoms with van der Waals surface area (Å²) in [6.07, 6.45) is 15.3. The SMILES string of the molecule is CC(C)Oc1c(C(C)c2nc(Cl)c3c(N)nccn23)cc(Cl)c(F)c1C1=CCC(=O)C=C1.CCOc1c(C(C)c2nc(Cl)c3c(N)nccn23)cc(C)c(C)c1C1CNC(=O)C1.CCOc1c([C@@H](C)c2nc(Cl)c3c(N)nccn23)cc(C)c(C)c1-c1ccc(OC)cc1. The summed E-state index contributed by atoms with van der Waals surface area (Å²) < 4.78 is 44.8. The number of benzene rings is 4. The molecule has 24 heteroatoms. The summed E-state index contributed by atoms with van der Waals surface area (Å²) in [5, 5.41) is 3.78. The smallest absolute Gasteiger partial charge is 0.220 e. The van der Waals surface area contributed by atoms with Crippen molar-refractivity contribution in [2.24, 2.45) is 0 Å². The standard InChI is InChI=1S/C25H27ClN4O2.C23H21Cl2FN4O2.C22H26ClN5O2/c1-6-32-22-19(16(4)25-29-23(26)21-24(27)28-11-12-30(21)25)13-14(2)15(3)20(22)17-7-9-18(31-5)10-8-17;1-11(2)32-20-15(10-16(24)18(26)17(20)13-4-6-14(31)7-5-13)12(3)23-29-21(25)19-22(27)28-8-9-30(19)23;1-5-30-19-15(8-11(2)12(3)17(19)14-9-16(29)26-10-14)13(4)22-27-20(23)18-21(24)25-6-7-28(18)22/h7-13,16H,6H2,1-5H3,(H2,27,28);4-6,8-12H,7H2,1-3H3,(H2,27,28);6-8,13-14H,5,9-10H2,1-4H3,(H2,24,25)(H,26,29)/t16-;;/m1../s1. The summed E-state index contributed by atoms with van der Waals surface area (Å²) in [6.45, 7) is 23.9. The van der Waals surface area contributed by atoms with Gasteiger partial charge in [0.1, 0.15) is 57.0 Å². The number of methoxy groups -OCH3 is 1. The molecule has 12 rings (SSSR count). The zero-order chi connectivity index (χ0) is 67.7. The highest BCUT2D eigenvalue weighted by Crippen LogP contribution is 2.47. The van der Waals surface area contributed by atoms with Gasteiger partial charge < -0.3 is 41.5 Å². The molecule has 490 valence electrons. The fraction of sp³-hybridized carbons (Fsp3) is 0.314. The molecule has 10 aromatic rings. The number of halogens is 5. The van der Waals surface area contributed by atoms with Crippen molar-refractivity contribution in [2.75, 3.05) is 44.1 Å². The Hall–Kier alpha value is -8.95. The molecule has 6 aromatic heterocycles. The molecular weight excluding hydrogens is 1280 g/mol. The average molecular weight is 1350 g/mol. The highest BCUT2D eigenvalue weighted by molar-refractivity contribution is 6.34. The summed E-state index contributed by atoms with van der Waals surface area (Å²) >= 11 is 25.5. The van der Waals surface area contributed by atoms with Crippen LogP contribution in [0.2, 0.25) is 20.5 Å². The van der Waals surface area contributed by atoms with Crippen molar-refractivity contribution in [2.45, 2.75) is 119 Å². The summed E-state index contributed by atoms with van der Waals surface area (Å²) in [4.78, 5) is 49.7. The lowest BCUT2D eigenvalue weighted by atomic mass is 9.85. The molecule has 0 radical (unpaired) electrons. The molecule has 0 saturated carbocycles. The molecule has 1 aliphatic heterocycles. The molecule has 0 spiro atoms. The van der Waals surface area contributed by atoms with Gasteiger partial charge in [0.05, 0.1) is 37.0 Å². The highest BCUT2D eigenvalue weighted by atomic mass is 35.5. The van der Waals surface area contributed by atoms with Gasteiger partial charge in [0.2, 0.25) is 5.91 Å². The quantitative estimate of drug-likeness (QED) is 0.0702. The zero-order valence-corrected chi connectivity index (χ0v) is 57.3. The lowest BCUT2D eigenvalue weighted by Gasteiger charge is -2.25. The number of imidazole rings is 3. The molecule has 3 unspecified atom stereocenters. The number of ether oxygens (including phenoxy) is 4. The van der Waals surface area contributed by atoms with E-state index >= 15 is 4.39 Å². The number of anilines is 3. The topological polar surface area (TPSA) is 252 Å². The van der Waals surface area contributed by atoms with E-state index in [1.54, 1.807) is 54.5 Å². The molecule has 7 N–H and O–H groups in total. The van der Waals surface area contributed by atoms with Gasteiger partial charge in [-0.25, -0.2) is 34.3 Å². The van der Waals surface area contributed by atoms with E-state index in [-0.39, 0.29) is 63.5 Å². The van der Waals surface area contributed by atoms with Crippen LogP contribution in [0.5, 0.6) is 23.0 Å². The Morgan fingerprint density at radius 3 is 1.54 bits per heavy atom. The number of allylic oxidation sites excluding steroid dienone is 4. The first-order chi connectivity index (χ1) is 44.9. The summed E-state index contributed by atoms with van der Waals surface area (Å²) in [5.74, 6) is 4.81. The third kappa shape index (κ3) is 13.2. The van der Waals surface area contributed by atoms with Gasteiger partial charge in [-0.2, -0.15) is 0 Å². The number of nitrogens with two attached hydrogens (primary N) is 3. The number of carbonyl (C=O) groups is 2. The molecule has 4 aromatic carbocycles. The number of hydrogen-bond acceptors (Lipinski definition) is 15. The molecule has 4 atom stereocenters. The third-order valence-electron chi connectivity index (χ3n) is 17.1. The van der Waals surface area contributed by atoms with E-state index in [0.29, 0.717) is 87.4 Å². The van der Waals surface area contributed by atoms with Crippen molar-refractivity contribution in [3.05, 3.63) is 192 Å². The molecule has 1 fully saturated rings. The van der Waals surface area contributed by atoms with Crippen molar-refractivity contribution in [1.82, 2.24) is 48.4 Å². The molecular formula is C70H74Cl4FN13O6. The number of hydrogen-bond donors (Lipinski definition) is 4. The highest BCUT2D eigenvalue weighted by Gasteiger charge is 2.34.